The molecule has 1 fully saturated rings. The van der Waals surface area contributed by atoms with Crippen LogP contribution < -0.4 is 10.1 Å². The monoisotopic (exact) mass is 451 g/mol. The highest BCUT2D eigenvalue weighted by molar-refractivity contribution is 7.14. The fraction of sp³-hybridized carbons (Fsp3) is 0.350. The first-order valence-corrected chi connectivity index (χ1v) is 10.3. The summed E-state index contributed by atoms with van der Waals surface area (Å²) in [5.74, 6) is 0.255. The van der Waals surface area contributed by atoms with E-state index in [9.17, 15) is 13.2 Å². The van der Waals surface area contributed by atoms with Gasteiger partial charge >= 0.3 is 6.18 Å². The molecule has 0 spiro atoms. The van der Waals surface area contributed by atoms with Crippen molar-refractivity contribution in [1.82, 2.24) is 19.9 Å². The highest BCUT2D eigenvalue weighted by atomic mass is 32.1. The molecule has 0 radical (unpaired) electrons. The Hall–Kier alpha value is -2.76. The molecule has 2 aromatic heterocycles. The quantitative estimate of drug-likeness (QED) is 0.602. The van der Waals surface area contributed by atoms with Crippen LogP contribution in [0.1, 0.15) is 10.4 Å². The third kappa shape index (κ3) is 5.49. The maximum absolute atomic E-state index is 13.1. The van der Waals surface area contributed by atoms with E-state index in [0.717, 1.165) is 54.9 Å². The standard InChI is InChI=1S/C20H20F3N5O2S/c1-29-15-9-13(20(21,22)23)8-14(10-15)26-19-24-3-2-17(27-19)18-25-11-16(31-18)12-28-4-6-30-7-5-28/h2-3,8-11H,4-7,12H2,1H3,(H,24,26,27). The Balaban J connectivity index is 1.51. The zero-order valence-corrected chi connectivity index (χ0v) is 17.5. The predicted molar refractivity (Wildman–Crippen MR) is 111 cm³/mol. The number of hydrogen-bond acceptors (Lipinski definition) is 8. The minimum Gasteiger partial charge on any atom is -0.497 e. The number of ether oxygens (including phenoxy) is 2. The maximum Gasteiger partial charge on any atom is 0.416 e. The molecule has 0 aliphatic carbocycles. The Morgan fingerprint density at radius 2 is 2.00 bits per heavy atom. The van der Waals surface area contributed by atoms with Crippen molar-refractivity contribution in [3.63, 3.8) is 0 Å². The molecular weight excluding hydrogens is 431 g/mol. The molecule has 1 N–H and O–H groups in total. The second-order valence-electron chi connectivity index (χ2n) is 6.86. The Morgan fingerprint density at radius 1 is 1.19 bits per heavy atom. The summed E-state index contributed by atoms with van der Waals surface area (Å²) in [6.45, 7) is 4.02. The van der Waals surface area contributed by atoms with Crippen molar-refractivity contribution in [3.8, 4) is 16.5 Å². The molecule has 0 saturated carbocycles. The lowest BCUT2D eigenvalue weighted by molar-refractivity contribution is -0.137. The second kappa shape index (κ2) is 9.16. The van der Waals surface area contributed by atoms with E-state index < -0.39 is 11.7 Å². The van der Waals surface area contributed by atoms with Crippen LogP contribution in [0.4, 0.5) is 24.8 Å². The van der Waals surface area contributed by atoms with Crippen molar-refractivity contribution in [2.45, 2.75) is 12.7 Å². The maximum atomic E-state index is 13.1. The number of alkyl halides is 3. The third-order valence-corrected chi connectivity index (χ3v) is 5.64. The van der Waals surface area contributed by atoms with Crippen LogP contribution in [0.3, 0.4) is 0 Å². The second-order valence-corrected chi connectivity index (χ2v) is 7.97. The van der Waals surface area contributed by atoms with Gasteiger partial charge in [-0.25, -0.2) is 15.0 Å². The SMILES string of the molecule is COc1cc(Nc2nccc(-c3ncc(CN4CCOCC4)s3)n2)cc(C(F)(F)F)c1. The van der Waals surface area contributed by atoms with Crippen molar-refractivity contribution in [2.75, 3.05) is 38.7 Å². The van der Waals surface area contributed by atoms with Gasteiger partial charge in [0.25, 0.3) is 0 Å². The number of methoxy groups -OCH3 is 1. The average Bonchev–Trinajstić information content (AvgIpc) is 3.22. The van der Waals surface area contributed by atoms with E-state index in [1.54, 1.807) is 12.3 Å². The molecule has 0 bridgehead atoms. The number of benzene rings is 1. The minimum absolute atomic E-state index is 0.0844. The van der Waals surface area contributed by atoms with E-state index in [1.165, 1.54) is 24.5 Å². The molecule has 164 valence electrons. The highest BCUT2D eigenvalue weighted by Crippen LogP contribution is 2.35. The van der Waals surface area contributed by atoms with E-state index >= 15 is 0 Å². The minimum atomic E-state index is -4.49. The number of rotatable bonds is 6. The Bertz CT molecular complexity index is 1040. The van der Waals surface area contributed by atoms with Gasteiger partial charge in [0.2, 0.25) is 5.95 Å². The van der Waals surface area contributed by atoms with Crippen molar-refractivity contribution in [1.29, 1.82) is 0 Å². The summed E-state index contributed by atoms with van der Waals surface area (Å²) in [7, 11) is 1.31. The molecule has 3 heterocycles. The zero-order valence-electron chi connectivity index (χ0n) is 16.6. The molecule has 0 unspecified atom stereocenters. The van der Waals surface area contributed by atoms with Gasteiger partial charge < -0.3 is 14.8 Å². The summed E-state index contributed by atoms with van der Waals surface area (Å²) in [4.78, 5) is 16.4. The molecule has 7 nitrogen and oxygen atoms in total. The van der Waals surface area contributed by atoms with E-state index in [4.69, 9.17) is 9.47 Å². The van der Waals surface area contributed by atoms with Crippen molar-refractivity contribution >= 4 is 23.0 Å². The van der Waals surface area contributed by atoms with Crippen LogP contribution in [0.25, 0.3) is 10.7 Å². The van der Waals surface area contributed by atoms with Crippen LogP contribution in [-0.2, 0) is 17.5 Å². The van der Waals surface area contributed by atoms with Crippen LogP contribution in [0.2, 0.25) is 0 Å². The van der Waals surface area contributed by atoms with Crippen molar-refractivity contribution < 1.29 is 22.6 Å². The zero-order chi connectivity index (χ0) is 21.8. The smallest absolute Gasteiger partial charge is 0.416 e. The summed E-state index contributed by atoms with van der Waals surface area (Å²) in [5.41, 5.74) is -0.0520. The van der Waals surface area contributed by atoms with Gasteiger partial charge in [-0.15, -0.1) is 11.3 Å². The van der Waals surface area contributed by atoms with Gasteiger partial charge in [0, 0.05) is 48.7 Å². The Morgan fingerprint density at radius 3 is 2.74 bits per heavy atom. The average molecular weight is 451 g/mol. The molecule has 31 heavy (non-hydrogen) atoms. The van der Waals surface area contributed by atoms with Gasteiger partial charge in [-0.2, -0.15) is 13.2 Å². The highest BCUT2D eigenvalue weighted by Gasteiger charge is 2.31. The normalized spacial score (nSPS) is 15.1. The molecular formula is C20H20F3N5O2S. The number of thiazole rings is 1. The number of hydrogen-bond donors (Lipinski definition) is 1. The van der Waals surface area contributed by atoms with Gasteiger partial charge in [-0.1, -0.05) is 0 Å². The molecule has 3 aromatic rings. The van der Waals surface area contributed by atoms with Gasteiger partial charge in [-0.3, -0.25) is 4.90 Å². The van der Waals surface area contributed by atoms with Crippen LogP contribution >= 0.6 is 11.3 Å². The molecule has 1 aromatic carbocycles. The first kappa shape index (κ1) is 21.5. The fourth-order valence-corrected chi connectivity index (χ4v) is 4.02. The number of nitrogens with zero attached hydrogens (tertiary/aromatic N) is 4. The lowest BCUT2D eigenvalue weighted by Gasteiger charge is -2.25. The molecule has 11 heteroatoms. The van der Waals surface area contributed by atoms with Gasteiger partial charge in [0.15, 0.2) is 0 Å². The number of morpholine rings is 1. The Kier molecular flexibility index (Phi) is 6.35. The summed E-state index contributed by atoms with van der Waals surface area (Å²) in [6.07, 6.45) is -1.13. The molecule has 4 rings (SSSR count). The molecule has 0 amide bonds. The van der Waals surface area contributed by atoms with Crippen LogP contribution in [0.5, 0.6) is 5.75 Å². The number of nitrogens with one attached hydrogen (secondary N) is 1. The van der Waals surface area contributed by atoms with E-state index in [0.29, 0.717) is 5.69 Å². The topological polar surface area (TPSA) is 72.4 Å². The number of anilines is 2. The lowest BCUT2D eigenvalue weighted by Crippen LogP contribution is -2.35. The summed E-state index contributed by atoms with van der Waals surface area (Å²) < 4.78 is 49.8. The molecule has 1 aliphatic rings. The molecule has 1 saturated heterocycles. The number of aromatic nitrogens is 3. The first-order chi connectivity index (χ1) is 14.9. The largest absolute Gasteiger partial charge is 0.497 e. The third-order valence-electron chi connectivity index (χ3n) is 4.64. The molecule has 0 atom stereocenters. The van der Waals surface area contributed by atoms with Crippen LogP contribution in [0, 0.1) is 0 Å². The predicted octanol–water partition coefficient (Wildman–Crippen LogP) is 4.20. The van der Waals surface area contributed by atoms with Gasteiger partial charge in [0.05, 0.1) is 25.9 Å². The van der Waals surface area contributed by atoms with Crippen molar-refractivity contribution in [3.05, 3.63) is 47.1 Å². The summed E-state index contributed by atoms with van der Waals surface area (Å²) in [5, 5.41) is 3.54. The van der Waals surface area contributed by atoms with E-state index in [2.05, 4.69) is 25.2 Å². The first-order valence-electron chi connectivity index (χ1n) is 9.52. The fourth-order valence-electron chi connectivity index (χ4n) is 3.10. The molecule has 1 aliphatic heterocycles. The summed E-state index contributed by atoms with van der Waals surface area (Å²) >= 11 is 1.53. The lowest BCUT2D eigenvalue weighted by atomic mass is 10.2. The van der Waals surface area contributed by atoms with Crippen molar-refractivity contribution in [2.24, 2.45) is 0 Å². The van der Waals surface area contributed by atoms with Gasteiger partial charge in [-0.05, 0) is 18.2 Å². The van der Waals surface area contributed by atoms with Crippen LogP contribution in [0.15, 0.2) is 36.7 Å². The van der Waals surface area contributed by atoms with Gasteiger partial charge in [0.1, 0.15) is 16.5 Å². The van der Waals surface area contributed by atoms with E-state index in [-0.39, 0.29) is 17.4 Å². The Labute approximate surface area is 180 Å². The number of halogens is 3. The van der Waals surface area contributed by atoms with Crippen LogP contribution in [-0.4, -0.2) is 53.3 Å². The summed E-state index contributed by atoms with van der Waals surface area (Å²) in [6, 6.07) is 5.10. The van der Waals surface area contributed by atoms with E-state index in [1.807, 2.05) is 6.20 Å².